The van der Waals surface area contributed by atoms with E-state index < -0.39 is 11.5 Å². The highest BCUT2D eigenvalue weighted by Gasteiger charge is 2.56. The van der Waals surface area contributed by atoms with E-state index in [1.54, 1.807) is 0 Å². The second-order valence-corrected chi connectivity index (χ2v) is 4.91. The molecule has 2 fully saturated rings. The summed E-state index contributed by atoms with van der Waals surface area (Å²) >= 11 is 0. The Balaban J connectivity index is 2.23. The number of hydrogen-bond acceptors (Lipinski definition) is 7. The Morgan fingerprint density at radius 1 is 1.06 bits per heavy atom. The van der Waals surface area contributed by atoms with Crippen LogP contribution in [-0.4, -0.2) is 23.9 Å². The van der Waals surface area contributed by atoms with Crippen molar-refractivity contribution >= 4 is 5.78 Å². The van der Waals surface area contributed by atoms with Gasteiger partial charge in [-0.2, -0.15) is 15.3 Å². The van der Waals surface area contributed by atoms with E-state index in [9.17, 15) is 4.79 Å². The first-order valence-corrected chi connectivity index (χ1v) is 5.82. The molecule has 2 aliphatic rings. The molecule has 0 saturated heterocycles. The van der Waals surface area contributed by atoms with Crippen molar-refractivity contribution in [2.24, 2.45) is 20.8 Å². The highest BCUT2D eigenvalue weighted by molar-refractivity contribution is 5.93. The Labute approximate surface area is 98.9 Å². The molecule has 7 nitrogen and oxygen atoms in total. The van der Waals surface area contributed by atoms with Gasteiger partial charge in [0.1, 0.15) is 6.04 Å². The molecule has 92 valence electrons. The molecule has 0 bridgehead atoms. The second kappa shape index (κ2) is 4.38. The Morgan fingerprint density at radius 2 is 1.71 bits per heavy atom. The van der Waals surface area contributed by atoms with Crippen LogP contribution in [0.5, 0.6) is 0 Å². The van der Waals surface area contributed by atoms with E-state index in [2.05, 4.69) is 15.3 Å². The third-order valence-corrected chi connectivity index (χ3v) is 4.22. The molecule has 0 aromatic heterocycles. The zero-order chi connectivity index (χ0) is 12.5. The third-order valence-electron chi connectivity index (χ3n) is 4.22. The third kappa shape index (κ3) is 1.69. The summed E-state index contributed by atoms with van der Waals surface area (Å²) in [6.07, 6.45) is 3.04. The summed E-state index contributed by atoms with van der Waals surface area (Å²) in [6, 6.07) is -0.939. The van der Waals surface area contributed by atoms with Crippen molar-refractivity contribution in [3.05, 3.63) is 0 Å². The summed E-state index contributed by atoms with van der Waals surface area (Å²) in [5, 5.41) is 10.4. The zero-order valence-corrected chi connectivity index (χ0v) is 9.52. The summed E-state index contributed by atoms with van der Waals surface area (Å²) in [6.45, 7) is 0. The largest absolute Gasteiger partial charge is 0.296 e. The number of hydrogen-bond donors (Lipinski definition) is 3. The standard InChI is InChI=1S/C10H16N6O/c11-14-6-1-3-10(4-2-6)8(16-13)5-7(15-12)9(10)17/h6-8,11-13H,1-5H2. The lowest BCUT2D eigenvalue weighted by molar-refractivity contribution is -0.129. The quantitative estimate of drug-likeness (QED) is 0.640. The van der Waals surface area contributed by atoms with Gasteiger partial charge in [-0.25, -0.2) is 16.6 Å². The molecular weight excluding hydrogens is 220 g/mol. The van der Waals surface area contributed by atoms with Crippen LogP contribution in [0.2, 0.25) is 0 Å². The lowest BCUT2D eigenvalue weighted by Crippen LogP contribution is -2.40. The van der Waals surface area contributed by atoms with Gasteiger partial charge in [-0.05, 0) is 25.7 Å². The first-order valence-electron chi connectivity index (χ1n) is 5.82. The Morgan fingerprint density at radius 3 is 2.18 bits per heavy atom. The van der Waals surface area contributed by atoms with Crippen molar-refractivity contribution < 1.29 is 4.79 Å². The van der Waals surface area contributed by atoms with Crippen LogP contribution in [0, 0.1) is 22.0 Å². The lowest BCUT2D eigenvalue weighted by atomic mass is 9.68. The minimum atomic E-state index is -0.612. The summed E-state index contributed by atoms with van der Waals surface area (Å²) in [5.74, 6) is -0.0306. The number of Topliss-reactive ketones (excluding diaryl/α,β-unsaturated/α-hetero) is 1. The van der Waals surface area contributed by atoms with Crippen molar-refractivity contribution in [2.75, 3.05) is 0 Å². The van der Waals surface area contributed by atoms with Gasteiger partial charge in [0.15, 0.2) is 5.78 Å². The predicted octanol–water partition coefficient (Wildman–Crippen LogP) is 2.72. The number of nitrogens with one attached hydrogen (secondary N) is 3. The molecule has 0 radical (unpaired) electrons. The number of carbonyl (C=O) groups is 1. The van der Waals surface area contributed by atoms with E-state index in [0.717, 1.165) is 0 Å². The van der Waals surface area contributed by atoms with Gasteiger partial charge in [0.25, 0.3) is 0 Å². The number of rotatable bonds is 3. The monoisotopic (exact) mass is 236 g/mol. The van der Waals surface area contributed by atoms with Gasteiger partial charge in [0.2, 0.25) is 0 Å². The minimum absolute atomic E-state index is 0.00630. The van der Waals surface area contributed by atoms with Crippen molar-refractivity contribution in [3.8, 4) is 0 Å². The van der Waals surface area contributed by atoms with Crippen molar-refractivity contribution in [2.45, 2.75) is 50.2 Å². The molecule has 0 heterocycles. The van der Waals surface area contributed by atoms with Gasteiger partial charge in [0.05, 0.1) is 17.5 Å². The van der Waals surface area contributed by atoms with Crippen LogP contribution in [0.4, 0.5) is 0 Å². The fraction of sp³-hybridized carbons (Fsp3) is 0.900. The van der Waals surface area contributed by atoms with Crippen LogP contribution in [0.25, 0.3) is 0 Å². The molecule has 2 unspecified atom stereocenters. The molecule has 2 saturated carbocycles. The molecule has 2 rings (SSSR count). The average molecular weight is 236 g/mol. The maximum absolute atomic E-state index is 12.2. The van der Waals surface area contributed by atoms with Crippen LogP contribution < -0.4 is 0 Å². The maximum Gasteiger partial charge on any atom is 0.167 e. The molecule has 2 aliphatic carbocycles. The summed E-state index contributed by atoms with van der Waals surface area (Å²) in [4.78, 5) is 12.2. The highest BCUT2D eigenvalue weighted by Crippen LogP contribution is 2.49. The van der Waals surface area contributed by atoms with Crippen LogP contribution in [0.1, 0.15) is 32.1 Å². The summed E-state index contributed by atoms with van der Waals surface area (Å²) < 4.78 is 0. The molecule has 0 aromatic rings. The van der Waals surface area contributed by atoms with E-state index in [-0.39, 0.29) is 17.9 Å². The topological polar surface area (TPSA) is 126 Å². The van der Waals surface area contributed by atoms with E-state index in [1.807, 2.05) is 0 Å². The SMILES string of the molecule is N=NC1CCC2(CC1)C(=O)C(N=N)CC2N=N. The summed E-state index contributed by atoms with van der Waals surface area (Å²) in [5.41, 5.74) is 20.7. The molecule has 1 spiro atoms. The normalized spacial score (nSPS) is 41.4. The molecule has 17 heavy (non-hydrogen) atoms. The summed E-state index contributed by atoms with van der Waals surface area (Å²) in [7, 11) is 0. The van der Waals surface area contributed by atoms with Crippen molar-refractivity contribution in [1.82, 2.24) is 0 Å². The molecule has 0 amide bonds. The zero-order valence-electron chi connectivity index (χ0n) is 9.52. The van der Waals surface area contributed by atoms with Crippen molar-refractivity contribution in [3.63, 3.8) is 0 Å². The Kier molecular flexibility index (Phi) is 3.08. The molecular formula is C10H16N6O. The predicted molar refractivity (Wildman–Crippen MR) is 57.3 cm³/mol. The first-order chi connectivity index (χ1) is 8.17. The van der Waals surface area contributed by atoms with Crippen LogP contribution in [-0.2, 0) is 4.79 Å². The second-order valence-electron chi connectivity index (χ2n) is 4.91. The van der Waals surface area contributed by atoms with E-state index in [0.29, 0.717) is 32.1 Å². The Hall–Kier alpha value is -1.53. The average Bonchev–Trinajstić information content (AvgIpc) is 2.64. The molecule has 2 atom stereocenters. The van der Waals surface area contributed by atoms with E-state index in [1.165, 1.54) is 0 Å². The fourth-order valence-corrected chi connectivity index (χ4v) is 3.15. The number of carbonyl (C=O) groups excluding carboxylic acids is 1. The molecule has 0 aliphatic heterocycles. The van der Waals surface area contributed by atoms with Gasteiger partial charge >= 0.3 is 0 Å². The van der Waals surface area contributed by atoms with E-state index in [4.69, 9.17) is 16.6 Å². The Bertz CT molecular complexity index is 360. The molecule has 3 N–H and O–H groups in total. The van der Waals surface area contributed by atoms with Gasteiger partial charge in [-0.15, -0.1) is 0 Å². The van der Waals surface area contributed by atoms with Crippen LogP contribution in [0.3, 0.4) is 0 Å². The number of ketones is 1. The van der Waals surface area contributed by atoms with Crippen LogP contribution >= 0.6 is 0 Å². The van der Waals surface area contributed by atoms with Crippen molar-refractivity contribution in [1.29, 1.82) is 16.6 Å². The molecule has 0 aromatic carbocycles. The van der Waals surface area contributed by atoms with Crippen LogP contribution in [0.15, 0.2) is 15.3 Å². The molecule has 7 heteroatoms. The smallest absolute Gasteiger partial charge is 0.167 e. The van der Waals surface area contributed by atoms with Gasteiger partial charge < -0.3 is 0 Å². The highest BCUT2D eigenvalue weighted by atomic mass is 16.1. The van der Waals surface area contributed by atoms with Gasteiger partial charge in [-0.3, -0.25) is 4.79 Å². The van der Waals surface area contributed by atoms with Gasteiger partial charge in [0, 0.05) is 6.42 Å². The first kappa shape index (κ1) is 11.9. The van der Waals surface area contributed by atoms with Gasteiger partial charge in [-0.1, -0.05) is 0 Å². The fourth-order valence-electron chi connectivity index (χ4n) is 3.15. The van der Waals surface area contributed by atoms with E-state index >= 15 is 0 Å². The maximum atomic E-state index is 12.2. The minimum Gasteiger partial charge on any atom is -0.296 e. The number of nitrogens with zero attached hydrogens (tertiary/aromatic N) is 3. The lowest BCUT2D eigenvalue weighted by Gasteiger charge is -2.36.